The number of para-hydroxylation sites is 1. The molecule has 1 aromatic carbocycles. The van der Waals surface area contributed by atoms with E-state index < -0.39 is 0 Å². The summed E-state index contributed by atoms with van der Waals surface area (Å²) in [5.41, 5.74) is 9.26. The van der Waals surface area contributed by atoms with Crippen molar-refractivity contribution in [2.45, 2.75) is 0 Å². The highest BCUT2D eigenvalue weighted by molar-refractivity contribution is 5.80. The Morgan fingerprint density at radius 1 is 1.24 bits per heavy atom. The van der Waals surface area contributed by atoms with Crippen LogP contribution in [0, 0.1) is 0 Å². The number of oxime groups is 1. The van der Waals surface area contributed by atoms with Gasteiger partial charge in [0.25, 0.3) is 0 Å². The first kappa shape index (κ1) is 11.1. The third-order valence-electron chi connectivity index (χ3n) is 2.33. The fourth-order valence-electron chi connectivity index (χ4n) is 1.48. The van der Waals surface area contributed by atoms with Crippen molar-refractivity contribution >= 4 is 11.9 Å². The molecule has 0 radical (unpaired) electrons. The first-order chi connectivity index (χ1) is 8.31. The van der Waals surface area contributed by atoms with Crippen molar-refractivity contribution in [3.8, 4) is 11.3 Å². The quantitative estimate of drug-likeness (QED) is 0.497. The number of rotatable bonds is 3. The second-order valence-electron chi connectivity index (χ2n) is 3.48. The van der Waals surface area contributed by atoms with E-state index in [-0.39, 0.29) is 0 Å². The molecule has 0 aliphatic heterocycles. The largest absolute Gasteiger partial charge is 0.399 e. The summed E-state index contributed by atoms with van der Waals surface area (Å²) in [6.07, 6.45) is 3.33. The Balaban J connectivity index is 2.30. The SMILES string of the molecule is CON=Cc1ccc(-c2ccccc2N)nc1. The van der Waals surface area contributed by atoms with Gasteiger partial charge in [-0.1, -0.05) is 23.4 Å². The van der Waals surface area contributed by atoms with Gasteiger partial charge in [-0.25, -0.2) is 0 Å². The molecule has 0 atom stereocenters. The maximum Gasteiger partial charge on any atom is 0.106 e. The molecule has 17 heavy (non-hydrogen) atoms. The van der Waals surface area contributed by atoms with Crippen LogP contribution in [0.4, 0.5) is 5.69 Å². The molecule has 1 heterocycles. The van der Waals surface area contributed by atoms with Crippen LogP contribution < -0.4 is 5.73 Å². The third kappa shape index (κ3) is 2.60. The molecule has 0 aliphatic rings. The summed E-state index contributed by atoms with van der Waals surface area (Å²) in [6, 6.07) is 11.5. The number of pyridine rings is 1. The van der Waals surface area contributed by atoms with Crippen molar-refractivity contribution in [2.75, 3.05) is 12.8 Å². The van der Waals surface area contributed by atoms with Gasteiger partial charge in [0.1, 0.15) is 7.11 Å². The molecule has 2 aromatic rings. The molecule has 0 saturated carbocycles. The van der Waals surface area contributed by atoms with Gasteiger partial charge in [-0.3, -0.25) is 4.98 Å². The van der Waals surface area contributed by atoms with E-state index in [1.807, 2.05) is 36.4 Å². The summed E-state index contributed by atoms with van der Waals surface area (Å²) in [5, 5.41) is 3.67. The Hall–Kier alpha value is -2.36. The summed E-state index contributed by atoms with van der Waals surface area (Å²) in [7, 11) is 1.50. The highest BCUT2D eigenvalue weighted by Crippen LogP contribution is 2.23. The van der Waals surface area contributed by atoms with Crippen LogP contribution in [0.25, 0.3) is 11.3 Å². The second-order valence-corrected chi connectivity index (χ2v) is 3.48. The van der Waals surface area contributed by atoms with Crippen molar-refractivity contribution in [1.29, 1.82) is 0 Å². The summed E-state index contributed by atoms with van der Waals surface area (Å²) < 4.78 is 0. The average molecular weight is 227 g/mol. The Morgan fingerprint density at radius 3 is 2.71 bits per heavy atom. The standard InChI is InChI=1S/C13H13N3O/c1-17-16-9-10-6-7-13(15-8-10)11-4-2-3-5-12(11)14/h2-9H,14H2,1H3. The Kier molecular flexibility index (Phi) is 3.35. The molecule has 4 nitrogen and oxygen atoms in total. The van der Waals surface area contributed by atoms with Gasteiger partial charge < -0.3 is 10.6 Å². The molecule has 0 fully saturated rings. The topological polar surface area (TPSA) is 60.5 Å². The van der Waals surface area contributed by atoms with Gasteiger partial charge >= 0.3 is 0 Å². The van der Waals surface area contributed by atoms with E-state index in [0.29, 0.717) is 0 Å². The first-order valence-electron chi connectivity index (χ1n) is 5.18. The van der Waals surface area contributed by atoms with E-state index in [2.05, 4.69) is 15.0 Å². The number of aromatic nitrogens is 1. The molecule has 2 N–H and O–H groups in total. The molecular formula is C13H13N3O. The predicted molar refractivity (Wildman–Crippen MR) is 68.7 cm³/mol. The molecule has 0 spiro atoms. The van der Waals surface area contributed by atoms with E-state index in [0.717, 1.165) is 22.5 Å². The summed E-state index contributed by atoms with van der Waals surface area (Å²) in [4.78, 5) is 8.94. The zero-order valence-corrected chi connectivity index (χ0v) is 9.50. The fraction of sp³-hybridized carbons (Fsp3) is 0.0769. The second kappa shape index (κ2) is 5.12. The number of hydrogen-bond donors (Lipinski definition) is 1. The monoisotopic (exact) mass is 227 g/mol. The van der Waals surface area contributed by atoms with Crippen LogP contribution in [-0.2, 0) is 4.84 Å². The molecule has 2 rings (SSSR count). The number of nitrogens with zero attached hydrogens (tertiary/aromatic N) is 2. The fourth-order valence-corrected chi connectivity index (χ4v) is 1.48. The lowest BCUT2D eigenvalue weighted by Gasteiger charge is -2.04. The van der Waals surface area contributed by atoms with Crippen LogP contribution >= 0.6 is 0 Å². The first-order valence-corrected chi connectivity index (χ1v) is 5.18. The number of nitrogens with two attached hydrogens (primary N) is 1. The molecule has 86 valence electrons. The number of hydrogen-bond acceptors (Lipinski definition) is 4. The van der Waals surface area contributed by atoms with Gasteiger partial charge in [-0.05, 0) is 18.2 Å². The van der Waals surface area contributed by atoms with Gasteiger partial charge in [0.2, 0.25) is 0 Å². The lowest BCUT2D eigenvalue weighted by atomic mass is 10.1. The predicted octanol–water partition coefficient (Wildman–Crippen LogP) is 2.31. The highest BCUT2D eigenvalue weighted by Gasteiger charge is 2.02. The normalized spacial score (nSPS) is 10.6. The zero-order chi connectivity index (χ0) is 12.1. The molecular weight excluding hydrogens is 214 g/mol. The summed E-state index contributed by atoms with van der Waals surface area (Å²) >= 11 is 0. The number of nitrogen functional groups attached to an aromatic ring is 1. The Morgan fingerprint density at radius 2 is 2.06 bits per heavy atom. The maximum absolute atomic E-state index is 5.88. The Labute approximate surface area is 99.7 Å². The van der Waals surface area contributed by atoms with Gasteiger partial charge in [-0.15, -0.1) is 0 Å². The average Bonchev–Trinajstić information content (AvgIpc) is 2.38. The minimum absolute atomic E-state index is 0.721. The van der Waals surface area contributed by atoms with Gasteiger partial charge in [-0.2, -0.15) is 0 Å². The molecule has 4 heteroatoms. The summed E-state index contributed by atoms with van der Waals surface area (Å²) in [5.74, 6) is 0. The maximum atomic E-state index is 5.88. The van der Waals surface area contributed by atoms with E-state index in [1.54, 1.807) is 12.4 Å². The summed E-state index contributed by atoms with van der Waals surface area (Å²) in [6.45, 7) is 0. The van der Waals surface area contributed by atoms with Gasteiger partial charge in [0.15, 0.2) is 0 Å². The molecule has 0 aliphatic carbocycles. The van der Waals surface area contributed by atoms with E-state index in [1.165, 1.54) is 7.11 Å². The smallest absolute Gasteiger partial charge is 0.106 e. The molecule has 1 aromatic heterocycles. The van der Waals surface area contributed by atoms with Gasteiger partial charge in [0, 0.05) is 23.0 Å². The van der Waals surface area contributed by atoms with Crippen molar-refractivity contribution in [2.24, 2.45) is 5.16 Å². The van der Waals surface area contributed by atoms with E-state index >= 15 is 0 Å². The van der Waals surface area contributed by atoms with Crippen LogP contribution in [0.3, 0.4) is 0 Å². The van der Waals surface area contributed by atoms with Crippen LogP contribution in [0.1, 0.15) is 5.56 Å². The van der Waals surface area contributed by atoms with Crippen molar-refractivity contribution in [3.05, 3.63) is 48.2 Å². The molecule has 0 saturated heterocycles. The molecule has 0 amide bonds. The minimum Gasteiger partial charge on any atom is -0.399 e. The van der Waals surface area contributed by atoms with E-state index in [4.69, 9.17) is 5.73 Å². The van der Waals surface area contributed by atoms with Crippen LogP contribution in [0.15, 0.2) is 47.8 Å². The molecule has 0 unspecified atom stereocenters. The van der Waals surface area contributed by atoms with Crippen molar-refractivity contribution < 1.29 is 4.84 Å². The minimum atomic E-state index is 0.721. The third-order valence-corrected chi connectivity index (χ3v) is 2.33. The van der Waals surface area contributed by atoms with E-state index in [9.17, 15) is 0 Å². The molecule has 0 bridgehead atoms. The zero-order valence-electron chi connectivity index (χ0n) is 9.50. The van der Waals surface area contributed by atoms with Gasteiger partial charge in [0.05, 0.1) is 11.9 Å². The highest BCUT2D eigenvalue weighted by atomic mass is 16.6. The lowest BCUT2D eigenvalue weighted by Crippen LogP contribution is -1.92. The number of anilines is 1. The van der Waals surface area contributed by atoms with Crippen molar-refractivity contribution in [1.82, 2.24) is 4.98 Å². The Bertz CT molecular complexity index is 520. The van der Waals surface area contributed by atoms with Crippen molar-refractivity contribution in [3.63, 3.8) is 0 Å². The van der Waals surface area contributed by atoms with Crippen LogP contribution in [-0.4, -0.2) is 18.3 Å². The lowest BCUT2D eigenvalue weighted by molar-refractivity contribution is 0.215. The van der Waals surface area contributed by atoms with Crippen LogP contribution in [0.5, 0.6) is 0 Å². The van der Waals surface area contributed by atoms with Crippen LogP contribution in [0.2, 0.25) is 0 Å². The number of benzene rings is 1.